The third-order valence-corrected chi connectivity index (χ3v) is 4.26. The fourth-order valence-electron chi connectivity index (χ4n) is 1.40. The highest BCUT2D eigenvalue weighted by Crippen LogP contribution is 2.35. The number of halogens is 1. The number of aromatic nitrogens is 1. The minimum Gasteiger partial charge on any atom is -0.397 e. The zero-order valence-electron chi connectivity index (χ0n) is 9.26. The quantitative estimate of drug-likeness (QED) is 0.851. The van der Waals surface area contributed by atoms with Gasteiger partial charge in [0.25, 0.3) is 5.91 Å². The summed E-state index contributed by atoms with van der Waals surface area (Å²) in [6, 6.07) is 8.90. The molecule has 0 aliphatic carbocycles. The molecule has 1 aromatic heterocycles. The van der Waals surface area contributed by atoms with E-state index in [1.807, 2.05) is 18.2 Å². The lowest BCUT2D eigenvalue weighted by molar-refractivity contribution is 0.100. The number of nitrogens with two attached hydrogens (primary N) is 2. The Morgan fingerprint density at radius 2 is 2.06 bits per heavy atom. The van der Waals surface area contributed by atoms with E-state index in [0.717, 1.165) is 14.4 Å². The second kappa shape index (κ2) is 5.41. The summed E-state index contributed by atoms with van der Waals surface area (Å²) < 4.78 is 0.874. The van der Waals surface area contributed by atoms with Gasteiger partial charge in [-0.25, -0.2) is 4.98 Å². The third kappa shape index (κ3) is 2.65. The number of hydrogen-bond donors (Lipinski definition) is 2. The summed E-state index contributed by atoms with van der Waals surface area (Å²) >= 11 is 4.79. The topological polar surface area (TPSA) is 82.0 Å². The van der Waals surface area contributed by atoms with Gasteiger partial charge in [0.2, 0.25) is 0 Å². The van der Waals surface area contributed by atoms with Gasteiger partial charge in [0.1, 0.15) is 5.03 Å². The number of benzene rings is 1. The highest BCUT2D eigenvalue weighted by Gasteiger charge is 2.12. The molecule has 4 nitrogen and oxygen atoms in total. The summed E-state index contributed by atoms with van der Waals surface area (Å²) in [5.41, 5.74) is 11.9. The van der Waals surface area contributed by atoms with Gasteiger partial charge in [-0.1, -0.05) is 17.8 Å². The van der Waals surface area contributed by atoms with Crippen molar-refractivity contribution in [2.45, 2.75) is 9.92 Å². The number of rotatable bonds is 3. The van der Waals surface area contributed by atoms with Crippen LogP contribution in [-0.4, -0.2) is 10.9 Å². The molecule has 0 saturated carbocycles. The molecule has 0 spiro atoms. The molecular formula is C12H10BrN3OS. The lowest BCUT2D eigenvalue weighted by Gasteiger charge is -2.08. The zero-order chi connectivity index (χ0) is 13.1. The van der Waals surface area contributed by atoms with Crippen LogP contribution in [0.25, 0.3) is 0 Å². The van der Waals surface area contributed by atoms with Crippen molar-refractivity contribution in [3.63, 3.8) is 0 Å². The van der Waals surface area contributed by atoms with Crippen molar-refractivity contribution in [3.05, 3.63) is 46.6 Å². The fraction of sp³-hybridized carbons (Fsp3) is 0. The highest BCUT2D eigenvalue weighted by molar-refractivity contribution is 9.10. The van der Waals surface area contributed by atoms with Crippen LogP contribution in [0.1, 0.15) is 10.4 Å². The van der Waals surface area contributed by atoms with Crippen LogP contribution in [0.5, 0.6) is 0 Å². The Hall–Kier alpha value is -1.53. The van der Waals surface area contributed by atoms with Gasteiger partial charge >= 0.3 is 0 Å². The lowest BCUT2D eigenvalue weighted by Crippen LogP contribution is -2.13. The monoisotopic (exact) mass is 323 g/mol. The number of amides is 1. The second-order valence-corrected chi connectivity index (χ2v) is 5.36. The number of hydrogen-bond acceptors (Lipinski definition) is 4. The molecule has 92 valence electrons. The molecule has 18 heavy (non-hydrogen) atoms. The average Bonchev–Trinajstić information content (AvgIpc) is 2.34. The van der Waals surface area contributed by atoms with E-state index in [2.05, 4.69) is 20.9 Å². The van der Waals surface area contributed by atoms with Crippen molar-refractivity contribution in [1.82, 2.24) is 4.98 Å². The first-order valence-corrected chi connectivity index (χ1v) is 6.67. The van der Waals surface area contributed by atoms with E-state index in [4.69, 9.17) is 11.5 Å². The minimum atomic E-state index is -0.532. The van der Waals surface area contributed by atoms with Crippen LogP contribution in [0, 0.1) is 0 Å². The normalized spacial score (nSPS) is 10.3. The summed E-state index contributed by atoms with van der Waals surface area (Å²) in [6.45, 7) is 0. The molecule has 0 saturated heterocycles. The summed E-state index contributed by atoms with van der Waals surface area (Å²) in [6.07, 6.45) is 1.70. The van der Waals surface area contributed by atoms with Crippen molar-refractivity contribution in [2.75, 3.05) is 5.73 Å². The van der Waals surface area contributed by atoms with Crippen molar-refractivity contribution >= 4 is 39.3 Å². The number of nitrogens with zero attached hydrogens (tertiary/aromatic N) is 1. The number of carbonyl (C=O) groups excluding carboxylic acids is 1. The molecule has 1 aromatic carbocycles. The van der Waals surface area contributed by atoms with Gasteiger partial charge in [0.05, 0.1) is 15.7 Å². The van der Waals surface area contributed by atoms with Crippen molar-refractivity contribution in [3.8, 4) is 0 Å². The number of carbonyl (C=O) groups is 1. The first-order valence-electron chi connectivity index (χ1n) is 5.06. The van der Waals surface area contributed by atoms with Gasteiger partial charge < -0.3 is 11.5 Å². The minimum absolute atomic E-state index is 0.326. The first-order chi connectivity index (χ1) is 8.59. The Balaban J connectivity index is 2.39. The molecule has 0 unspecified atom stereocenters. The Labute approximate surface area is 117 Å². The van der Waals surface area contributed by atoms with Crippen molar-refractivity contribution in [2.24, 2.45) is 5.73 Å². The Morgan fingerprint density at radius 1 is 1.28 bits per heavy atom. The van der Waals surface area contributed by atoms with Crippen molar-refractivity contribution < 1.29 is 4.79 Å². The predicted molar refractivity (Wildman–Crippen MR) is 75.4 cm³/mol. The van der Waals surface area contributed by atoms with E-state index < -0.39 is 5.91 Å². The van der Waals surface area contributed by atoms with Crippen LogP contribution in [0.4, 0.5) is 5.69 Å². The van der Waals surface area contributed by atoms with Gasteiger partial charge in [-0.2, -0.15) is 0 Å². The molecule has 0 atom stereocenters. The molecule has 0 radical (unpaired) electrons. The highest BCUT2D eigenvalue weighted by atomic mass is 79.9. The average molecular weight is 324 g/mol. The maximum absolute atomic E-state index is 11.2. The van der Waals surface area contributed by atoms with E-state index in [0.29, 0.717) is 11.3 Å². The molecular weight excluding hydrogens is 314 g/mol. The number of nitrogen functional groups attached to an aromatic ring is 1. The number of para-hydroxylation sites is 1. The SMILES string of the molecule is NC(=O)c1cccc(Sc2ncccc2Br)c1N. The second-order valence-electron chi connectivity index (χ2n) is 3.47. The zero-order valence-corrected chi connectivity index (χ0v) is 11.7. The van der Waals surface area contributed by atoms with E-state index in [9.17, 15) is 4.79 Å². The Kier molecular flexibility index (Phi) is 3.88. The summed E-state index contributed by atoms with van der Waals surface area (Å²) in [5, 5.41) is 0.783. The Bertz CT molecular complexity index is 604. The molecule has 2 rings (SSSR count). The maximum Gasteiger partial charge on any atom is 0.250 e. The maximum atomic E-state index is 11.2. The molecule has 0 aliphatic heterocycles. The van der Waals surface area contributed by atoms with Crippen molar-refractivity contribution in [1.29, 1.82) is 0 Å². The van der Waals surface area contributed by atoms with Crippen LogP contribution < -0.4 is 11.5 Å². The number of pyridine rings is 1. The third-order valence-electron chi connectivity index (χ3n) is 2.26. The molecule has 0 aliphatic rings. The largest absolute Gasteiger partial charge is 0.397 e. The molecule has 1 amide bonds. The lowest BCUT2D eigenvalue weighted by atomic mass is 10.2. The standard InChI is InChI=1S/C12H10BrN3OS/c13-8-4-2-6-16-12(8)18-9-5-1-3-7(10(9)14)11(15)17/h1-6H,14H2,(H2,15,17). The van der Waals surface area contributed by atoms with Gasteiger partial charge in [-0.15, -0.1) is 0 Å². The van der Waals surface area contributed by atoms with Crippen LogP contribution >= 0.6 is 27.7 Å². The van der Waals surface area contributed by atoms with Crippen LogP contribution in [0.2, 0.25) is 0 Å². The summed E-state index contributed by atoms with van der Waals surface area (Å²) in [4.78, 5) is 16.2. The van der Waals surface area contributed by atoms with Gasteiger partial charge in [-0.05, 0) is 40.2 Å². The molecule has 4 N–H and O–H groups in total. The van der Waals surface area contributed by atoms with E-state index in [1.165, 1.54) is 11.8 Å². The molecule has 6 heteroatoms. The van der Waals surface area contributed by atoms with Gasteiger partial charge in [0, 0.05) is 11.1 Å². The summed E-state index contributed by atoms with van der Waals surface area (Å²) in [5.74, 6) is -0.532. The van der Waals surface area contributed by atoms with Crippen LogP contribution in [0.15, 0.2) is 50.9 Å². The molecule has 0 bridgehead atoms. The molecule has 1 heterocycles. The smallest absolute Gasteiger partial charge is 0.250 e. The van der Waals surface area contributed by atoms with Gasteiger partial charge in [0.15, 0.2) is 0 Å². The summed E-state index contributed by atoms with van der Waals surface area (Å²) in [7, 11) is 0. The molecule has 0 fully saturated rings. The van der Waals surface area contributed by atoms with E-state index in [-0.39, 0.29) is 0 Å². The molecule has 2 aromatic rings. The van der Waals surface area contributed by atoms with Crippen LogP contribution in [0.3, 0.4) is 0 Å². The number of anilines is 1. The first kappa shape index (κ1) is 12.9. The predicted octanol–water partition coefficient (Wildman–Crippen LogP) is 2.68. The van der Waals surface area contributed by atoms with E-state index in [1.54, 1.807) is 18.3 Å². The number of primary amides is 1. The fourth-order valence-corrected chi connectivity index (χ4v) is 2.75. The Morgan fingerprint density at radius 3 is 2.72 bits per heavy atom. The van der Waals surface area contributed by atoms with Crippen LogP contribution in [-0.2, 0) is 0 Å². The van der Waals surface area contributed by atoms with E-state index >= 15 is 0 Å². The van der Waals surface area contributed by atoms with Gasteiger partial charge in [-0.3, -0.25) is 4.79 Å².